The van der Waals surface area contributed by atoms with Crippen LogP contribution in [0, 0.1) is 0 Å². The number of esters is 1. The van der Waals surface area contributed by atoms with E-state index in [-0.39, 0.29) is 11.7 Å². The number of hydrogen-bond donors (Lipinski definition) is 1. The van der Waals surface area contributed by atoms with Crippen molar-refractivity contribution >= 4 is 38.3 Å². The van der Waals surface area contributed by atoms with Crippen LogP contribution in [-0.4, -0.2) is 26.7 Å². The van der Waals surface area contributed by atoms with Gasteiger partial charge in [0, 0.05) is 38.7 Å². The monoisotopic (exact) mass is 365 g/mol. The maximum absolute atomic E-state index is 11.7. The van der Waals surface area contributed by atoms with E-state index in [2.05, 4.69) is 32.3 Å². The van der Waals surface area contributed by atoms with Gasteiger partial charge in [0.2, 0.25) is 0 Å². The highest BCUT2D eigenvalue weighted by molar-refractivity contribution is 9.21. The third kappa shape index (κ3) is 4.65. The minimum atomic E-state index is -0.459. The molecule has 0 spiro atoms. The average molecular weight is 367 g/mol. The molecular formula is C11H13Br2NO3. The molecule has 1 aromatic rings. The lowest BCUT2D eigenvalue weighted by Crippen LogP contribution is -2.33. The Balaban J connectivity index is 2.73. The Morgan fingerprint density at radius 3 is 2.47 bits per heavy atom. The van der Waals surface area contributed by atoms with Gasteiger partial charge in [-0.3, -0.25) is 4.79 Å². The molecule has 1 rings (SSSR count). The van der Waals surface area contributed by atoms with Crippen LogP contribution in [0.5, 0.6) is 5.75 Å². The van der Waals surface area contributed by atoms with E-state index in [1.165, 1.54) is 2.95 Å². The van der Waals surface area contributed by atoms with Crippen molar-refractivity contribution < 1.29 is 14.6 Å². The standard InChI is InChI=1S/C11H13Br2NO3/c1-2-17-11(16)10(14(12)13)7-8-3-5-9(15)6-4-8/h3-6,10,15H,2,7H2,1H3/t10-/m0/s1. The summed E-state index contributed by atoms with van der Waals surface area (Å²) in [6.45, 7) is 2.11. The number of aromatic hydroxyl groups is 1. The molecule has 0 aromatic heterocycles. The highest BCUT2D eigenvalue weighted by Crippen LogP contribution is 2.19. The van der Waals surface area contributed by atoms with E-state index in [0.29, 0.717) is 13.0 Å². The Morgan fingerprint density at radius 1 is 1.41 bits per heavy atom. The van der Waals surface area contributed by atoms with Crippen LogP contribution in [0.25, 0.3) is 0 Å². The van der Waals surface area contributed by atoms with Crippen LogP contribution >= 0.6 is 32.3 Å². The lowest BCUT2D eigenvalue weighted by atomic mass is 10.1. The molecule has 17 heavy (non-hydrogen) atoms. The molecule has 0 radical (unpaired) electrons. The van der Waals surface area contributed by atoms with Crippen LogP contribution in [0.2, 0.25) is 0 Å². The van der Waals surface area contributed by atoms with E-state index in [9.17, 15) is 9.90 Å². The average Bonchev–Trinajstić information content (AvgIpc) is 2.28. The maximum Gasteiger partial charge on any atom is 0.325 e. The molecular weight excluding hydrogens is 354 g/mol. The molecule has 0 bridgehead atoms. The number of nitrogens with zero attached hydrogens (tertiary/aromatic N) is 1. The first-order valence-electron chi connectivity index (χ1n) is 5.10. The Morgan fingerprint density at radius 2 is 2.00 bits per heavy atom. The second-order valence-electron chi connectivity index (χ2n) is 3.40. The Bertz CT molecular complexity index is 367. The highest BCUT2D eigenvalue weighted by atomic mass is 79.9. The van der Waals surface area contributed by atoms with Crippen LogP contribution in [0.3, 0.4) is 0 Å². The van der Waals surface area contributed by atoms with Crippen molar-refractivity contribution in [2.24, 2.45) is 0 Å². The third-order valence-electron chi connectivity index (χ3n) is 2.16. The Kier molecular flexibility index (Phi) is 5.94. The van der Waals surface area contributed by atoms with Gasteiger partial charge in [-0.2, -0.15) is 2.95 Å². The largest absolute Gasteiger partial charge is 0.508 e. The number of phenols is 1. The second-order valence-corrected chi connectivity index (χ2v) is 5.88. The molecule has 0 aliphatic carbocycles. The summed E-state index contributed by atoms with van der Waals surface area (Å²) >= 11 is 6.37. The van der Waals surface area contributed by atoms with Crippen LogP contribution < -0.4 is 0 Å². The molecule has 0 saturated carbocycles. The van der Waals surface area contributed by atoms with Crippen LogP contribution in [0.4, 0.5) is 0 Å². The number of carbonyl (C=O) groups is 1. The molecule has 0 heterocycles. The van der Waals surface area contributed by atoms with Gasteiger partial charge < -0.3 is 9.84 Å². The molecule has 0 amide bonds. The van der Waals surface area contributed by atoms with Gasteiger partial charge in [0.25, 0.3) is 0 Å². The first-order valence-corrected chi connectivity index (χ1v) is 6.51. The van der Waals surface area contributed by atoms with Gasteiger partial charge in [-0.1, -0.05) is 12.1 Å². The van der Waals surface area contributed by atoms with E-state index < -0.39 is 6.04 Å². The van der Waals surface area contributed by atoms with Crippen molar-refractivity contribution in [3.05, 3.63) is 29.8 Å². The summed E-state index contributed by atoms with van der Waals surface area (Å²) in [6.07, 6.45) is 0.482. The Hall–Kier alpha value is -0.590. The first kappa shape index (κ1) is 14.5. The lowest BCUT2D eigenvalue weighted by molar-refractivity contribution is -0.146. The number of hydrogen-bond acceptors (Lipinski definition) is 4. The summed E-state index contributed by atoms with van der Waals surface area (Å²) in [4.78, 5) is 11.7. The van der Waals surface area contributed by atoms with Crippen LogP contribution in [0.15, 0.2) is 24.3 Å². The van der Waals surface area contributed by atoms with Crippen molar-refractivity contribution in [2.45, 2.75) is 19.4 Å². The zero-order valence-electron chi connectivity index (χ0n) is 9.27. The molecule has 94 valence electrons. The van der Waals surface area contributed by atoms with E-state index in [1.807, 2.05) is 0 Å². The summed E-state index contributed by atoms with van der Waals surface area (Å²) in [7, 11) is 0. The topological polar surface area (TPSA) is 49.8 Å². The number of rotatable bonds is 5. The number of phenolic OH excluding ortho intramolecular Hbond substituents is 1. The number of carbonyl (C=O) groups excluding carboxylic acids is 1. The van der Waals surface area contributed by atoms with Gasteiger partial charge in [0.05, 0.1) is 6.61 Å². The van der Waals surface area contributed by atoms with E-state index >= 15 is 0 Å². The normalized spacial score (nSPS) is 12.5. The van der Waals surface area contributed by atoms with Crippen molar-refractivity contribution in [1.82, 2.24) is 2.95 Å². The van der Waals surface area contributed by atoms with Gasteiger partial charge in [-0.25, -0.2) is 0 Å². The second kappa shape index (κ2) is 6.98. The molecule has 1 N–H and O–H groups in total. The third-order valence-corrected chi connectivity index (χ3v) is 3.15. The minimum Gasteiger partial charge on any atom is -0.508 e. The summed E-state index contributed by atoms with van der Waals surface area (Å²) in [5.41, 5.74) is 0.935. The minimum absolute atomic E-state index is 0.205. The van der Waals surface area contributed by atoms with E-state index in [4.69, 9.17) is 4.74 Å². The number of ether oxygens (including phenoxy) is 1. The zero-order valence-corrected chi connectivity index (χ0v) is 12.4. The molecule has 0 aliphatic heterocycles. The molecule has 6 heteroatoms. The highest BCUT2D eigenvalue weighted by Gasteiger charge is 2.24. The van der Waals surface area contributed by atoms with Crippen molar-refractivity contribution in [3.63, 3.8) is 0 Å². The first-order chi connectivity index (χ1) is 8.04. The molecule has 0 saturated heterocycles. The summed E-state index contributed by atoms with van der Waals surface area (Å²) < 4.78 is 6.43. The van der Waals surface area contributed by atoms with Crippen LogP contribution in [0.1, 0.15) is 12.5 Å². The Labute approximate surface area is 117 Å². The maximum atomic E-state index is 11.7. The number of halogens is 2. The predicted octanol–water partition coefficient (Wildman–Crippen LogP) is 2.79. The van der Waals surface area contributed by atoms with Gasteiger partial charge in [-0.05, 0) is 24.6 Å². The van der Waals surface area contributed by atoms with Crippen molar-refractivity contribution in [2.75, 3.05) is 6.61 Å². The van der Waals surface area contributed by atoms with Crippen molar-refractivity contribution in [1.29, 1.82) is 0 Å². The van der Waals surface area contributed by atoms with Gasteiger partial charge in [0.1, 0.15) is 11.8 Å². The SMILES string of the molecule is CCOC(=O)[C@H](Cc1ccc(O)cc1)N(Br)Br. The molecule has 0 aliphatic rings. The van der Waals surface area contributed by atoms with Crippen molar-refractivity contribution in [3.8, 4) is 5.75 Å². The van der Waals surface area contributed by atoms with Gasteiger partial charge in [0.15, 0.2) is 0 Å². The molecule has 4 nitrogen and oxygen atoms in total. The molecule has 1 atom stereocenters. The predicted molar refractivity (Wildman–Crippen MR) is 71.9 cm³/mol. The van der Waals surface area contributed by atoms with Gasteiger partial charge >= 0.3 is 5.97 Å². The fraction of sp³-hybridized carbons (Fsp3) is 0.364. The summed E-state index contributed by atoms with van der Waals surface area (Å²) in [5, 5.41) is 9.17. The lowest BCUT2D eigenvalue weighted by Gasteiger charge is -2.18. The molecule has 1 aromatic carbocycles. The van der Waals surface area contributed by atoms with Crippen LogP contribution in [-0.2, 0) is 16.0 Å². The quantitative estimate of drug-likeness (QED) is 0.643. The smallest absolute Gasteiger partial charge is 0.325 e. The van der Waals surface area contributed by atoms with E-state index in [0.717, 1.165) is 5.56 Å². The summed E-state index contributed by atoms with van der Waals surface area (Å²) in [6, 6.07) is 6.25. The fourth-order valence-corrected chi connectivity index (χ4v) is 1.95. The summed E-state index contributed by atoms with van der Waals surface area (Å²) in [5.74, 6) is -0.106. The van der Waals surface area contributed by atoms with Gasteiger partial charge in [-0.15, -0.1) is 0 Å². The molecule has 0 unspecified atom stereocenters. The zero-order chi connectivity index (χ0) is 12.8. The number of benzene rings is 1. The molecule has 0 fully saturated rings. The fourth-order valence-electron chi connectivity index (χ4n) is 1.33. The van der Waals surface area contributed by atoms with E-state index in [1.54, 1.807) is 31.2 Å².